The molecule has 6 heteroatoms. The van der Waals surface area contributed by atoms with Gasteiger partial charge in [0.1, 0.15) is 10.7 Å². The summed E-state index contributed by atoms with van der Waals surface area (Å²) in [6, 6.07) is 10.6. The number of nitrogen functional groups attached to an aromatic ring is 1. The first-order chi connectivity index (χ1) is 14.1. The number of benzene rings is 1. The molecule has 29 heavy (non-hydrogen) atoms. The molecule has 158 valence electrons. The summed E-state index contributed by atoms with van der Waals surface area (Å²) in [4.78, 5) is 13.0. The molecular formula is C23H34N4OS. The van der Waals surface area contributed by atoms with Gasteiger partial charge in [0.2, 0.25) is 5.91 Å². The topological polar surface area (TPSA) is 83.9 Å². The molecule has 0 aliphatic heterocycles. The van der Waals surface area contributed by atoms with Gasteiger partial charge < -0.3 is 21.0 Å². The Morgan fingerprint density at radius 1 is 1.17 bits per heavy atom. The molecule has 0 radical (unpaired) electrons. The number of rotatable bonds is 10. The van der Waals surface area contributed by atoms with E-state index in [-0.39, 0.29) is 5.91 Å². The van der Waals surface area contributed by atoms with E-state index in [1.165, 1.54) is 19.3 Å². The first-order valence-corrected chi connectivity index (χ1v) is 10.8. The molecule has 4 N–H and O–H groups in total. The van der Waals surface area contributed by atoms with Gasteiger partial charge in [-0.1, -0.05) is 89.0 Å². The molecule has 0 saturated carbocycles. The Kier molecular flexibility index (Phi) is 11.6. The van der Waals surface area contributed by atoms with E-state index >= 15 is 0 Å². The molecule has 1 atom stereocenters. The van der Waals surface area contributed by atoms with Gasteiger partial charge in [-0.25, -0.2) is 0 Å². The average molecular weight is 415 g/mol. The molecule has 2 rings (SSSR count). The van der Waals surface area contributed by atoms with Crippen LogP contribution < -0.4 is 11.1 Å². The molecule has 0 fully saturated rings. The zero-order valence-corrected chi connectivity index (χ0v) is 18.6. The fourth-order valence-corrected chi connectivity index (χ4v) is 3.38. The van der Waals surface area contributed by atoms with Crippen molar-refractivity contribution in [1.29, 1.82) is 5.41 Å². The predicted molar refractivity (Wildman–Crippen MR) is 125 cm³/mol. The van der Waals surface area contributed by atoms with Crippen molar-refractivity contribution in [2.75, 3.05) is 12.3 Å². The lowest BCUT2D eigenvalue weighted by atomic mass is 10.0. The van der Waals surface area contributed by atoms with Crippen LogP contribution in [0, 0.1) is 10.0 Å². The highest BCUT2D eigenvalue weighted by Crippen LogP contribution is 2.22. The average Bonchev–Trinajstić information content (AvgIpc) is 2.75. The number of amides is 1. The number of hydrogen-bond acceptors (Lipinski definition) is 4. The Morgan fingerprint density at radius 2 is 1.83 bits per heavy atom. The van der Waals surface area contributed by atoms with Crippen molar-refractivity contribution >= 4 is 30.0 Å². The molecule has 1 unspecified atom stereocenters. The number of nitrogens with one attached hydrogen (secondary N) is 2. The standard InChI is InChI=1S/C21H28N4OS.C2H6/c1-2-3-4-5-9-13-24-20(26)19(16-10-7-6-8-11-16)25-14-12-18(23)17(15-22)21(25)27;1-2/h6-8,10-12,14-15,19,22H,2-5,9,13,23H2,1H3,(H,24,26);1-2H3. The van der Waals surface area contributed by atoms with Crippen LogP contribution in [0.5, 0.6) is 0 Å². The van der Waals surface area contributed by atoms with Gasteiger partial charge in [-0.15, -0.1) is 0 Å². The Balaban J connectivity index is 0.00000204. The van der Waals surface area contributed by atoms with Gasteiger partial charge in [0.25, 0.3) is 0 Å². The summed E-state index contributed by atoms with van der Waals surface area (Å²) in [6.45, 7) is 6.83. The number of carbonyl (C=O) groups excluding carboxylic acids is 1. The third-order valence-corrected chi connectivity index (χ3v) is 4.99. The third-order valence-electron chi connectivity index (χ3n) is 4.56. The van der Waals surface area contributed by atoms with E-state index in [9.17, 15) is 4.79 Å². The minimum atomic E-state index is -0.589. The summed E-state index contributed by atoms with van der Waals surface area (Å²) in [7, 11) is 0. The summed E-state index contributed by atoms with van der Waals surface area (Å²) in [5.41, 5.74) is 7.67. The smallest absolute Gasteiger partial charge is 0.247 e. The van der Waals surface area contributed by atoms with Gasteiger partial charge >= 0.3 is 0 Å². The van der Waals surface area contributed by atoms with Crippen LogP contribution in [0.1, 0.15) is 70.0 Å². The second-order valence-corrected chi connectivity index (χ2v) is 6.95. The summed E-state index contributed by atoms with van der Waals surface area (Å²) in [5, 5.41) is 10.6. The number of hydrogen-bond donors (Lipinski definition) is 3. The summed E-state index contributed by atoms with van der Waals surface area (Å²) < 4.78 is 2.10. The van der Waals surface area contributed by atoms with E-state index in [1.807, 2.05) is 44.2 Å². The number of aromatic nitrogens is 1. The number of anilines is 1. The number of carbonyl (C=O) groups is 1. The fraction of sp³-hybridized carbons (Fsp3) is 0.435. The fourth-order valence-electron chi connectivity index (χ4n) is 3.04. The van der Waals surface area contributed by atoms with Gasteiger partial charge in [-0.05, 0) is 18.1 Å². The van der Waals surface area contributed by atoms with E-state index in [0.29, 0.717) is 22.4 Å². The number of pyridine rings is 1. The molecule has 5 nitrogen and oxygen atoms in total. The van der Waals surface area contributed by atoms with Gasteiger partial charge in [0.15, 0.2) is 0 Å². The molecule has 0 aliphatic carbocycles. The molecule has 0 saturated heterocycles. The third kappa shape index (κ3) is 7.13. The van der Waals surface area contributed by atoms with Gasteiger partial charge in [-0.3, -0.25) is 4.79 Å². The predicted octanol–water partition coefficient (Wildman–Crippen LogP) is 5.50. The van der Waals surface area contributed by atoms with Crippen LogP contribution >= 0.6 is 12.2 Å². The van der Waals surface area contributed by atoms with Crippen LogP contribution in [0.25, 0.3) is 0 Å². The molecular weight excluding hydrogens is 380 g/mol. The van der Waals surface area contributed by atoms with E-state index in [0.717, 1.165) is 24.6 Å². The zero-order chi connectivity index (χ0) is 21.6. The first kappa shape index (κ1) is 24.6. The highest BCUT2D eigenvalue weighted by molar-refractivity contribution is 7.71. The number of nitrogens with two attached hydrogens (primary N) is 1. The maximum absolute atomic E-state index is 13.0. The molecule has 1 aromatic heterocycles. The van der Waals surface area contributed by atoms with Gasteiger partial charge in [0.05, 0.1) is 5.56 Å². The van der Waals surface area contributed by atoms with Crippen molar-refractivity contribution in [2.45, 2.75) is 58.9 Å². The second kappa shape index (κ2) is 13.7. The largest absolute Gasteiger partial charge is 0.398 e. The van der Waals surface area contributed by atoms with E-state index < -0.39 is 6.04 Å². The normalized spacial score (nSPS) is 11.1. The molecule has 0 spiro atoms. The highest BCUT2D eigenvalue weighted by Gasteiger charge is 2.23. The van der Waals surface area contributed by atoms with E-state index in [1.54, 1.807) is 16.8 Å². The van der Waals surface area contributed by atoms with E-state index in [2.05, 4.69) is 12.2 Å². The number of unbranched alkanes of at least 4 members (excludes halogenated alkanes) is 4. The van der Waals surface area contributed by atoms with E-state index in [4.69, 9.17) is 23.4 Å². The molecule has 1 amide bonds. The van der Waals surface area contributed by atoms with Crippen LogP contribution in [-0.2, 0) is 4.79 Å². The van der Waals surface area contributed by atoms with Crippen LogP contribution in [0.4, 0.5) is 5.69 Å². The molecule has 0 bridgehead atoms. The maximum Gasteiger partial charge on any atom is 0.247 e. The molecule has 0 aliphatic rings. The highest BCUT2D eigenvalue weighted by atomic mass is 32.1. The molecule has 2 aromatic rings. The van der Waals surface area contributed by atoms with Crippen LogP contribution in [0.3, 0.4) is 0 Å². The minimum Gasteiger partial charge on any atom is -0.398 e. The Morgan fingerprint density at radius 3 is 2.45 bits per heavy atom. The number of nitrogens with zero attached hydrogens (tertiary/aromatic N) is 1. The SMILES string of the molecule is CC.CCCCCCCNC(=O)C(c1ccccc1)n1ccc(N)c(C=N)c1=S. The van der Waals surface area contributed by atoms with Crippen molar-refractivity contribution < 1.29 is 4.79 Å². The zero-order valence-electron chi connectivity index (χ0n) is 17.8. The summed E-state index contributed by atoms with van der Waals surface area (Å²) in [6.07, 6.45) is 8.57. The van der Waals surface area contributed by atoms with Crippen molar-refractivity contribution in [3.8, 4) is 0 Å². The van der Waals surface area contributed by atoms with Crippen LogP contribution in [0.15, 0.2) is 42.6 Å². The lowest BCUT2D eigenvalue weighted by molar-refractivity contribution is -0.123. The van der Waals surface area contributed by atoms with Crippen molar-refractivity contribution in [1.82, 2.24) is 9.88 Å². The Bertz CT molecular complexity index is 817. The maximum atomic E-state index is 13.0. The molecule has 1 aromatic carbocycles. The van der Waals surface area contributed by atoms with Crippen molar-refractivity contribution in [2.24, 2.45) is 0 Å². The first-order valence-electron chi connectivity index (χ1n) is 10.4. The van der Waals surface area contributed by atoms with Crippen LogP contribution in [0.2, 0.25) is 0 Å². The quantitative estimate of drug-likeness (QED) is 0.273. The second-order valence-electron chi connectivity index (χ2n) is 6.56. The van der Waals surface area contributed by atoms with Gasteiger partial charge in [-0.2, -0.15) is 0 Å². The monoisotopic (exact) mass is 414 g/mol. The Labute approximate surface area is 179 Å². The summed E-state index contributed by atoms with van der Waals surface area (Å²) >= 11 is 5.51. The minimum absolute atomic E-state index is 0.103. The van der Waals surface area contributed by atoms with Crippen molar-refractivity contribution in [3.63, 3.8) is 0 Å². The lowest BCUT2D eigenvalue weighted by Crippen LogP contribution is -2.34. The molecule has 1 heterocycles. The Hall–Kier alpha value is -2.47. The van der Waals surface area contributed by atoms with Crippen LogP contribution in [-0.4, -0.2) is 23.2 Å². The lowest BCUT2D eigenvalue weighted by Gasteiger charge is -2.22. The van der Waals surface area contributed by atoms with Gasteiger partial charge in [0, 0.05) is 24.6 Å². The summed E-state index contributed by atoms with van der Waals surface area (Å²) in [5.74, 6) is -0.103. The van der Waals surface area contributed by atoms with Crippen molar-refractivity contribution in [3.05, 3.63) is 58.4 Å².